The third-order valence-corrected chi connectivity index (χ3v) is 4.43. The number of carboxylic acid groups (broad SMARTS) is 1. The fourth-order valence-corrected chi connectivity index (χ4v) is 3.31. The Morgan fingerprint density at radius 1 is 1.19 bits per heavy atom. The Hall–Kier alpha value is -3.02. The molecule has 136 valence electrons. The van der Waals surface area contributed by atoms with E-state index in [1.807, 2.05) is 37.3 Å². The number of carboxylic acids is 1. The second kappa shape index (κ2) is 7.47. The molecular weight excluding hydrogens is 334 g/mol. The first-order chi connectivity index (χ1) is 12.6. The van der Waals surface area contributed by atoms with Gasteiger partial charge in [-0.1, -0.05) is 24.3 Å². The summed E-state index contributed by atoms with van der Waals surface area (Å²) in [6, 6.07) is 12.6. The van der Waals surface area contributed by atoms with E-state index >= 15 is 0 Å². The molecule has 0 radical (unpaired) electrons. The number of nitrogens with zero attached hydrogens (tertiary/aromatic N) is 1. The molecule has 2 aromatic carbocycles. The van der Waals surface area contributed by atoms with Crippen molar-refractivity contribution in [2.75, 3.05) is 20.3 Å². The summed E-state index contributed by atoms with van der Waals surface area (Å²) in [4.78, 5) is 25.4. The predicted octanol–water partition coefficient (Wildman–Crippen LogP) is 3.11. The molecule has 1 aliphatic heterocycles. The molecule has 1 amide bonds. The Labute approximate surface area is 152 Å². The Balaban J connectivity index is 2.05. The van der Waals surface area contributed by atoms with Crippen LogP contribution in [0.1, 0.15) is 40.9 Å². The quantitative estimate of drug-likeness (QED) is 0.826. The third kappa shape index (κ3) is 3.22. The number of aliphatic carboxylic acids is 1. The van der Waals surface area contributed by atoms with E-state index in [9.17, 15) is 9.59 Å². The Kier molecular flexibility index (Phi) is 5.11. The molecule has 3 rings (SSSR count). The summed E-state index contributed by atoms with van der Waals surface area (Å²) in [6.07, 6.45) is -0.106. The van der Waals surface area contributed by atoms with E-state index in [2.05, 4.69) is 0 Å². The second-order valence-electron chi connectivity index (χ2n) is 5.98. The van der Waals surface area contributed by atoms with Crippen LogP contribution in [0.3, 0.4) is 0 Å². The highest BCUT2D eigenvalue weighted by atomic mass is 16.5. The van der Waals surface area contributed by atoms with E-state index in [4.69, 9.17) is 14.6 Å². The molecule has 1 aliphatic rings. The summed E-state index contributed by atoms with van der Waals surface area (Å²) in [5.41, 5.74) is 2.34. The van der Waals surface area contributed by atoms with Gasteiger partial charge in [-0.3, -0.25) is 9.59 Å². The van der Waals surface area contributed by atoms with Crippen LogP contribution in [0.25, 0.3) is 0 Å². The molecule has 1 unspecified atom stereocenters. The van der Waals surface area contributed by atoms with Crippen molar-refractivity contribution in [2.45, 2.75) is 19.4 Å². The van der Waals surface area contributed by atoms with Crippen molar-refractivity contribution in [3.8, 4) is 11.5 Å². The number of amides is 1. The zero-order valence-electron chi connectivity index (χ0n) is 14.8. The van der Waals surface area contributed by atoms with Crippen LogP contribution in [0.4, 0.5) is 0 Å². The summed E-state index contributed by atoms with van der Waals surface area (Å²) >= 11 is 0. The number of hydrogen-bond donors (Lipinski definition) is 1. The number of methoxy groups -OCH3 is 1. The minimum atomic E-state index is -0.933. The normalized spacial score (nSPS) is 15.7. The molecule has 2 aromatic rings. The van der Waals surface area contributed by atoms with Gasteiger partial charge in [-0.05, 0) is 36.2 Å². The van der Waals surface area contributed by atoms with Crippen LogP contribution in [0.2, 0.25) is 0 Å². The lowest BCUT2D eigenvalue weighted by Crippen LogP contribution is -2.31. The van der Waals surface area contributed by atoms with Gasteiger partial charge in [0.2, 0.25) is 0 Å². The maximum Gasteiger partial charge on any atom is 0.305 e. The molecule has 0 bridgehead atoms. The molecular formula is C20H21NO5. The standard InChI is InChI=1S/C20H21NO5/c1-3-26-17-12-13(8-9-16(17)25-2)19-14-6-4-5-7-15(14)20(24)21(19)11-10-18(22)23/h4-9,12,19H,3,10-11H2,1-2H3,(H,22,23). The molecule has 1 N–H and O–H groups in total. The topological polar surface area (TPSA) is 76.1 Å². The zero-order valence-corrected chi connectivity index (χ0v) is 14.8. The Morgan fingerprint density at radius 3 is 2.65 bits per heavy atom. The van der Waals surface area contributed by atoms with E-state index in [1.54, 1.807) is 24.1 Å². The summed E-state index contributed by atoms with van der Waals surface area (Å²) in [7, 11) is 1.57. The molecule has 1 atom stereocenters. The lowest BCUT2D eigenvalue weighted by atomic mass is 9.97. The van der Waals surface area contributed by atoms with Gasteiger partial charge in [0.1, 0.15) is 0 Å². The molecule has 0 fully saturated rings. The Morgan fingerprint density at radius 2 is 1.96 bits per heavy atom. The van der Waals surface area contributed by atoms with Crippen molar-refractivity contribution in [2.24, 2.45) is 0 Å². The SMILES string of the molecule is CCOc1cc(C2c3ccccc3C(=O)N2CCC(=O)O)ccc1OC. The van der Waals surface area contributed by atoms with Crippen molar-refractivity contribution >= 4 is 11.9 Å². The van der Waals surface area contributed by atoms with Gasteiger partial charge in [0, 0.05) is 12.1 Å². The number of hydrogen-bond acceptors (Lipinski definition) is 4. The van der Waals surface area contributed by atoms with Crippen molar-refractivity contribution in [1.82, 2.24) is 4.90 Å². The largest absolute Gasteiger partial charge is 0.493 e. The van der Waals surface area contributed by atoms with Gasteiger partial charge in [0.15, 0.2) is 11.5 Å². The highest BCUT2D eigenvalue weighted by molar-refractivity contribution is 6.00. The third-order valence-electron chi connectivity index (χ3n) is 4.43. The molecule has 26 heavy (non-hydrogen) atoms. The summed E-state index contributed by atoms with van der Waals surface area (Å²) < 4.78 is 11.0. The fraction of sp³-hybridized carbons (Fsp3) is 0.300. The first kappa shape index (κ1) is 17.8. The zero-order chi connectivity index (χ0) is 18.7. The molecule has 6 heteroatoms. The average Bonchev–Trinajstić information content (AvgIpc) is 2.92. The van der Waals surface area contributed by atoms with Crippen LogP contribution >= 0.6 is 0 Å². The van der Waals surface area contributed by atoms with E-state index < -0.39 is 5.97 Å². The number of fused-ring (bicyclic) bond motifs is 1. The Bertz CT molecular complexity index is 833. The van der Waals surface area contributed by atoms with Gasteiger partial charge < -0.3 is 19.5 Å². The van der Waals surface area contributed by atoms with Crippen molar-refractivity contribution in [3.05, 3.63) is 59.2 Å². The second-order valence-corrected chi connectivity index (χ2v) is 5.98. The lowest BCUT2D eigenvalue weighted by Gasteiger charge is -2.26. The van der Waals surface area contributed by atoms with Crippen molar-refractivity contribution in [1.29, 1.82) is 0 Å². The van der Waals surface area contributed by atoms with Crippen LogP contribution in [0.15, 0.2) is 42.5 Å². The number of rotatable bonds is 7. The van der Waals surface area contributed by atoms with Crippen molar-refractivity contribution < 1.29 is 24.2 Å². The van der Waals surface area contributed by atoms with Crippen LogP contribution in [0, 0.1) is 0 Å². The van der Waals surface area contributed by atoms with Gasteiger partial charge >= 0.3 is 5.97 Å². The number of ether oxygens (including phenoxy) is 2. The van der Waals surface area contributed by atoms with Gasteiger partial charge in [0.05, 0.1) is 26.2 Å². The van der Waals surface area contributed by atoms with Crippen LogP contribution in [-0.2, 0) is 4.79 Å². The summed E-state index contributed by atoms with van der Waals surface area (Å²) in [5.74, 6) is 0.130. The van der Waals surface area contributed by atoms with Crippen LogP contribution in [-0.4, -0.2) is 42.1 Å². The van der Waals surface area contributed by atoms with E-state index in [-0.39, 0.29) is 24.9 Å². The minimum absolute atomic E-state index is 0.106. The molecule has 0 aliphatic carbocycles. The predicted molar refractivity (Wildman–Crippen MR) is 95.7 cm³/mol. The summed E-state index contributed by atoms with van der Waals surface area (Å²) in [5, 5.41) is 9.04. The fourth-order valence-electron chi connectivity index (χ4n) is 3.31. The first-order valence-electron chi connectivity index (χ1n) is 8.49. The smallest absolute Gasteiger partial charge is 0.305 e. The maximum absolute atomic E-state index is 12.8. The maximum atomic E-state index is 12.8. The molecule has 1 heterocycles. The van der Waals surface area contributed by atoms with Crippen molar-refractivity contribution in [3.63, 3.8) is 0 Å². The van der Waals surface area contributed by atoms with E-state index in [0.29, 0.717) is 23.7 Å². The minimum Gasteiger partial charge on any atom is -0.493 e. The van der Waals surface area contributed by atoms with Crippen LogP contribution in [0.5, 0.6) is 11.5 Å². The number of benzene rings is 2. The highest BCUT2D eigenvalue weighted by Gasteiger charge is 2.37. The molecule has 0 aromatic heterocycles. The van der Waals surface area contributed by atoms with Gasteiger partial charge in [-0.15, -0.1) is 0 Å². The van der Waals surface area contributed by atoms with E-state index in [1.165, 1.54) is 0 Å². The monoisotopic (exact) mass is 355 g/mol. The van der Waals surface area contributed by atoms with Gasteiger partial charge in [-0.2, -0.15) is 0 Å². The first-order valence-corrected chi connectivity index (χ1v) is 8.49. The molecule has 0 saturated carbocycles. The number of carbonyl (C=O) groups excluding carboxylic acids is 1. The molecule has 0 saturated heterocycles. The highest BCUT2D eigenvalue weighted by Crippen LogP contribution is 2.41. The summed E-state index contributed by atoms with van der Waals surface area (Å²) in [6.45, 7) is 2.52. The van der Waals surface area contributed by atoms with E-state index in [0.717, 1.165) is 11.1 Å². The van der Waals surface area contributed by atoms with Gasteiger partial charge in [0.25, 0.3) is 5.91 Å². The average molecular weight is 355 g/mol. The molecule has 6 nitrogen and oxygen atoms in total. The molecule has 0 spiro atoms. The number of carbonyl (C=O) groups is 2. The van der Waals surface area contributed by atoms with Crippen LogP contribution < -0.4 is 9.47 Å². The van der Waals surface area contributed by atoms with Gasteiger partial charge in [-0.25, -0.2) is 0 Å². The lowest BCUT2D eigenvalue weighted by molar-refractivity contribution is -0.137.